The van der Waals surface area contributed by atoms with Crippen LogP contribution < -0.4 is 5.32 Å². The van der Waals surface area contributed by atoms with Gasteiger partial charge in [0.25, 0.3) is 0 Å². The second-order valence-electron chi connectivity index (χ2n) is 15.4. The highest BCUT2D eigenvalue weighted by atomic mass is 31.2. The average Bonchev–Trinajstić information content (AvgIpc) is 3.84. The first-order valence-corrected chi connectivity index (χ1v) is 22.1. The standard InChI is InChI=1S/C42H77N2O7P/c1-6-8-10-12-14-16-17-18-20-21-23-27-31-39(45)38(37-50-52(47,48)49-36-35-44(3,4)5)43-42(46)34-30-26-25-29-33-41-40(51-41)32-28-24-22-19-15-13-11-9-7-2/h15,19,24-25,27-29,31,38-41,45H,6-14,16-18,20-23,26,30,32-37H2,1-5H3,(H-,43,46,47,48)/p+1/b19-15-,28-24-,29-25-,31-27+/t38-,39+,40?,41?/m0/s1. The van der Waals surface area contributed by atoms with E-state index < -0.39 is 20.0 Å². The van der Waals surface area contributed by atoms with E-state index in [9.17, 15) is 19.4 Å². The van der Waals surface area contributed by atoms with Gasteiger partial charge < -0.3 is 24.5 Å². The van der Waals surface area contributed by atoms with Crippen molar-refractivity contribution in [2.24, 2.45) is 0 Å². The Labute approximate surface area is 318 Å². The summed E-state index contributed by atoms with van der Waals surface area (Å²) >= 11 is 0. The minimum atomic E-state index is -4.35. The van der Waals surface area contributed by atoms with Crippen LogP contribution >= 0.6 is 7.82 Å². The van der Waals surface area contributed by atoms with Crippen molar-refractivity contribution < 1.29 is 37.6 Å². The number of phosphoric ester groups is 1. The summed E-state index contributed by atoms with van der Waals surface area (Å²) in [5.41, 5.74) is 0. The van der Waals surface area contributed by atoms with Crippen molar-refractivity contribution in [2.45, 2.75) is 173 Å². The third-order valence-corrected chi connectivity index (χ3v) is 10.2. The number of aliphatic hydroxyl groups excluding tert-OH is 1. The van der Waals surface area contributed by atoms with Gasteiger partial charge in [-0.1, -0.05) is 133 Å². The molecule has 1 rings (SSSR count). The van der Waals surface area contributed by atoms with E-state index in [2.05, 4.69) is 55.6 Å². The highest BCUT2D eigenvalue weighted by Crippen LogP contribution is 2.43. The van der Waals surface area contributed by atoms with Crippen LogP contribution in [0.1, 0.15) is 149 Å². The molecule has 1 amide bonds. The number of unbranched alkanes of at least 4 members (excludes halogenated alkanes) is 14. The van der Waals surface area contributed by atoms with Gasteiger partial charge in [0.1, 0.15) is 13.2 Å². The molecule has 0 spiro atoms. The molecule has 0 aromatic rings. The van der Waals surface area contributed by atoms with Crippen LogP contribution in [0.5, 0.6) is 0 Å². The molecule has 10 heteroatoms. The molecule has 1 aliphatic heterocycles. The lowest BCUT2D eigenvalue weighted by molar-refractivity contribution is -0.870. The minimum Gasteiger partial charge on any atom is -0.387 e. The number of nitrogens with one attached hydrogen (secondary N) is 1. The second kappa shape index (κ2) is 30.7. The number of phosphoric acid groups is 1. The van der Waals surface area contributed by atoms with Gasteiger partial charge in [-0.3, -0.25) is 13.8 Å². The largest absolute Gasteiger partial charge is 0.472 e. The van der Waals surface area contributed by atoms with Crippen molar-refractivity contribution in [3.05, 3.63) is 48.6 Å². The molecule has 1 fully saturated rings. The molecule has 0 aromatic carbocycles. The van der Waals surface area contributed by atoms with Gasteiger partial charge in [0.2, 0.25) is 5.91 Å². The number of carbonyl (C=O) groups is 1. The van der Waals surface area contributed by atoms with Gasteiger partial charge in [-0.05, 0) is 57.8 Å². The van der Waals surface area contributed by atoms with Crippen LogP contribution in [0.25, 0.3) is 0 Å². The number of epoxide rings is 1. The lowest BCUT2D eigenvalue weighted by Gasteiger charge is -2.25. The van der Waals surface area contributed by atoms with Gasteiger partial charge in [-0.2, -0.15) is 0 Å². The fourth-order valence-electron chi connectivity index (χ4n) is 5.72. The number of hydrogen-bond acceptors (Lipinski definition) is 6. The summed E-state index contributed by atoms with van der Waals surface area (Å²) in [6, 6.07) is -0.880. The van der Waals surface area contributed by atoms with Crippen LogP contribution in [0.2, 0.25) is 0 Å². The van der Waals surface area contributed by atoms with Gasteiger partial charge in [-0.15, -0.1) is 0 Å². The topological polar surface area (TPSA) is 118 Å². The predicted octanol–water partition coefficient (Wildman–Crippen LogP) is 9.90. The van der Waals surface area contributed by atoms with E-state index in [1.165, 1.54) is 77.0 Å². The van der Waals surface area contributed by atoms with Gasteiger partial charge in [-0.25, -0.2) is 4.57 Å². The molecule has 0 aliphatic carbocycles. The van der Waals surface area contributed by atoms with Gasteiger partial charge >= 0.3 is 7.82 Å². The average molecular weight is 754 g/mol. The van der Waals surface area contributed by atoms with E-state index in [0.29, 0.717) is 23.6 Å². The van der Waals surface area contributed by atoms with Crippen LogP contribution in [-0.4, -0.2) is 85.6 Å². The van der Waals surface area contributed by atoms with E-state index in [-0.39, 0.29) is 31.6 Å². The maximum Gasteiger partial charge on any atom is 0.472 e. The van der Waals surface area contributed by atoms with Gasteiger partial charge in [0, 0.05) is 6.42 Å². The molecule has 1 saturated heterocycles. The lowest BCUT2D eigenvalue weighted by Crippen LogP contribution is -2.45. The zero-order valence-corrected chi connectivity index (χ0v) is 34.6. The summed E-state index contributed by atoms with van der Waals surface area (Å²) in [6.45, 7) is 4.69. The molecule has 52 heavy (non-hydrogen) atoms. The minimum absolute atomic E-state index is 0.0465. The molecule has 0 saturated carbocycles. The first kappa shape index (κ1) is 48.4. The van der Waals surface area contributed by atoms with Crippen molar-refractivity contribution in [1.29, 1.82) is 0 Å². The molecule has 1 aliphatic rings. The molecule has 9 nitrogen and oxygen atoms in total. The Balaban J connectivity index is 2.41. The van der Waals surface area contributed by atoms with E-state index in [1.54, 1.807) is 6.08 Å². The summed E-state index contributed by atoms with van der Waals surface area (Å²) in [5, 5.41) is 13.7. The lowest BCUT2D eigenvalue weighted by atomic mass is 10.1. The molecule has 0 aromatic heterocycles. The molecule has 302 valence electrons. The Morgan fingerprint density at radius 3 is 1.92 bits per heavy atom. The fraction of sp³-hybridized carbons (Fsp3) is 0.786. The zero-order valence-electron chi connectivity index (χ0n) is 33.7. The van der Waals surface area contributed by atoms with Crippen LogP contribution in [0.15, 0.2) is 48.6 Å². The smallest absolute Gasteiger partial charge is 0.387 e. The number of allylic oxidation sites excluding steroid dienone is 5. The normalized spacial score (nSPS) is 18.9. The van der Waals surface area contributed by atoms with Crippen molar-refractivity contribution in [2.75, 3.05) is 40.9 Å². The third-order valence-electron chi connectivity index (χ3n) is 9.20. The maximum absolute atomic E-state index is 12.8. The number of ether oxygens (including phenoxy) is 1. The Bertz CT molecular complexity index is 1060. The van der Waals surface area contributed by atoms with Crippen LogP contribution in [0.4, 0.5) is 0 Å². The van der Waals surface area contributed by atoms with Gasteiger partial charge in [0.05, 0.1) is 52.1 Å². The maximum atomic E-state index is 12.8. The summed E-state index contributed by atoms with van der Waals surface area (Å²) < 4.78 is 29.3. The first-order valence-electron chi connectivity index (χ1n) is 20.6. The molecule has 3 unspecified atom stereocenters. The molecular weight excluding hydrogens is 675 g/mol. The molecule has 1 heterocycles. The second-order valence-corrected chi connectivity index (χ2v) is 16.9. The molecule has 0 radical (unpaired) electrons. The Morgan fingerprint density at radius 1 is 0.750 bits per heavy atom. The number of aliphatic hydroxyl groups is 1. The fourth-order valence-corrected chi connectivity index (χ4v) is 6.46. The Morgan fingerprint density at radius 2 is 1.27 bits per heavy atom. The highest BCUT2D eigenvalue weighted by molar-refractivity contribution is 7.47. The Kier molecular flexibility index (Phi) is 28.6. The predicted molar refractivity (Wildman–Crippen MR) is 216 cm³/mol. The number of amides is 1. The van der Waals surface area contributed by atoms with E-state index in [0.717, 1.165) is 44.9 Å². The number of quaternary nitrogens is 1. The van der Waals surface area contributed by atoms with Crippen LogP contribution in [0, 0.1) is 0 Å². The number of rotatable bonds is 35. The summed E-state index contributed by atoms with van der Waals surface area (Å²) in [4.78, 5) is 23.1. The third kappa shape index (κ3) is 29.8. The van der Waals surface area contributed by atoms with Crippen molar-refractivity contribution in [1.82, 2.24) is 5.32 Å². The highest BCUT2D eigenvalue weighted by Gasteiger charge is 2.36. The Hall–Kier alpha value is -1.58. The SMILES string of the molecule is CCCCC/C=C\C/C=C\CC1OC1C/C=C\CCCC(=O)N[C@@H](COP(=O)(O)OCC[N+](C)(C)C)[C@H](O)/C=C/CCCCCCCCCCCC. The monoisotopic (exact) mass is 754 g/mol. The van der Waals surface area contributed by atoms with Gasteiger partial charge in [0.15, 0.2) is 0 Å². The summed E-state index contributed by atoms with van der Waals surface area (Å²) in [5.74, 6) is -0.240. The van der Waals surface area contributed by atoms with E-state index >= 15 is 0 Å². The van der Waals surface area contributed by atoms with E-state index in [1.807, 2.05) is 27.2 Å². The van der Waals surface area contributed by atoms with Crippen LogP contribution in [-0.2, 0) is 23.1 Å². The summed E-state index contributed by atoms with van der Waals surface area (Å²) in [6.07, 6.45) is 39.2. The molecule has 5 atom stereocenters. The van der Waals surface area contributed by atoms with Crippen LogP contribution in [0.3, 0.4) is 0 Å². The van der Waals surface area contributed by atoms with Crippen molar-refractivity contribution >= 4 is 13.7 Å². The van der Waals surface area contributed by atoms with Crippen molar-refractivity contribution in [3.8, 4) is 0 Å². The van der Waals surface area contributed by atoms with Crippen molar-refractivity contribution in [3.63, 3.8) is 0 Å². The molecular formula is C42H78N2O7P+. The molecule has 3 N–H and O–H groups in total. The zero-order chi connectivity index (χ0) is 38.3. The van der Waals surface area contributed by atoms with E-state index in [4.69, 9.17) is 13.8 Å². The quantitative estimate of drug-likeness (QED) is 0.0194. The number of carbonyl (C=O) groups excluding carboxylic acids is 1. The molecule has 0 bridgehead atoms. The number of hydrogen-bond donors (Lipinski definition) is 3. The first-order chi connectivity index (χ1) is 25.0. The number of likely N-dealkylation sites (N-methyl/N-ethyl adjacent to an activating group) is 1. The number of nitrogens with zero attached hydrogens (tertiary/aromatic N) is 1. The summed E-state index contributed by atoms with van der Waals surface area (Å²) in [7, 11) is 1.52.